The van der Waals surface area contributed by atoms with Crippen LogP contribution in [0, 0.1) is 10.1 Å². The van der Waals surface area contributed by atoms with E-state index in [1.54, 1.807) is 0 Å². The number of amides is 1. The molecule has 0 fully saturated rings. The molecule has 0 bridgehead atoms. The maximum atomic E-state index is 11.8. The molecule has 0 radical (unpaired) electrons. The molecule has 0 unspecified atom stereocenters. The van der Waals surface area contributed by atoms with Crippen molar-refractivity contribution in [3.63, 3.8) is 0 Å². The number of hydrogen-bond donors (Lipinski definition) is 2. The average molecular weight is 381 g/mol. The van der Waals surface area contributed by atoms with Crippen molar-refractivity contribution in [2.75, 3.05) is 20.3 Å². The highest BCUT2D eigenvalue weighted by Gasteiger charge is 2.15. The number of aromatic carboxylic acids is 1. The molecule has 0 atom stereocenters. The van der Waals surface area contributed by atoms with Gasteiger partial charge in [-0.2, -0.15) is 0 Å². The van der Waals surface area contributed by atoms with Crippen LogP contribution in [0.3, 0.4) is 0 Å². The van der Waals surface area contributed by atoms with Crippen molar-refractivity contribution < 1.29 is 29.1 Å². The summed E-state index contributed by atoms with van der Waals surface area (Å²) in [7, 11) is 1.30. The molecule has 1 aromatic carbocycles. The number of thiazole rings is 1. The van der Waals surface area contributed by atoms with Crippen molar-refractivity contribution >= 4 is 28.9 Å². The Morgan fingerprint density at radius 2 is 2.19 bits per heavy atom. The SMILES string of the molecule is COc1cc(OCC(=O)NCCc2nc(C(=O)O)cs2)ccc1[N+](=O)[O-]. The van der Waals surface area contributed by atoms with Crippen molar-refractivity contribution in [3.05, 3.63) is 44.4 Å². The van der Waals surface area contributed by atoms with Crippen LogP contribution in [-0.4, -0.2) is 47.2 Å². The van der Waals surface area contributed by atoms with Crippen LogP contribution in [0.25, 0.3) is 0 Å². The number of nitro benzene ring substituents is 1. The number of benzene rings is 1. The molecule has 0 spiro atoms. The average Bonchev–Trinajstić information content (AvgIpc) is 3.08. The normalized spacial score (nSPS) is 10.2. The predicted molar refractivity (Wildman–Crippen MR) is 90.9 cm³/mol. The molecule has 11 heteroatoms. The third kappa shape index (κ3) is 5.14. The summed E-state index contributed by atoms with van der Waals surface area (Å²) in [6.07, 6.45) is 0.398. The van der Waals surface area contributed by atoms with Gasteiger partial charge in [0.25, 0.3) is 5.91 Å². The summed E-state index contributed by atoms with van der Waals surface area (Å²) >= 11 is 1.20. The Hall–Kier alpha value is -3.21. The van der Waals surface area contributed by atoms with Gasteiger partial charge in [0.1, 0.15) is 5.75 Å². The number of carboxylic acids is 1. The van der Waals surface area contributed by atoms with Crippen LogP contribution < -0.4 is 14.8 Å². The van der Waals surface area contributed by atoms with Crippen LogP contribution in [0.5, 0.6) is 11.5 Å². The van der Waals surface area contributed by atoms with E-state index >= 15 is 0 Å². The third-order valence-corrected chi connectivity index (χ3v) is 4.06. The fourth-order valence-electron chi connectivity index (χ4n) is 1.93. The lowest BCUT2D eigenvalue weighted by molar-refractivity contribution is -0.385. The molecular weight excluding hydrogens is 366 g/mol. The Labute approximate surface area is 151 Å². The van der Waals surface area contributed by atoms with Gasteiger partial charge in [-0.05, 0) is 6.07 Å². The molecule has 2 rings (SSSR count). The van der Waals surface area contributed by atoms with Gasteiger partial charge in [-0.25, -0.2) is 9.78 Å². The van der Waals surface area contributed by atoms with Gasteiger partial charge in [0.15, 0.2) is 12.3 Å². The molecule has 1 amide bonds. The second kappa shape index (κ2) is 8.76. The lowest BCUT2D eigenvalue weighted by Gasteiger charge is -2.08. The van der Waals surface area contributed by atoms with E-state index in [0.29, 0.717) is 11.4 Å². The van der Waals surface area contributed by atoms with Gasteiger partial charge in [0, 0.05) is 30.5 Å². The molecular formula is C15H15N3O7S. The van der Waals surface area contributed by atoms with Crippen molar-refractivity contribution in [1.82, 2.24) is 10.3 Å². The second-order valence-corrected chi connectivity index (χ2v) is 5.85. The molecule has 0 aliphatic carbocycles. The molecule has 0 aliphatic heterocycles. The first-order chi connectivity index (χ1) is 12.4. The number of nitrogens with one attached hydrogen (secondary N) is 1. The minimum Gasteiger partial charge on any atom is -0.490 e. The number of hydrogen-bond acceptors (Lipinski definition) is 8. The number of carboxylic acid groups (broad SMARTS) is 1. The van der Waals surface area contributed by atoms with Gasteiger partial charge in [-0.15, -0.1) is 11.3 Å². The van der Waals surface area contributed by atoms with Crippen LogP contribution in [0.15, 0.2) is 23.6 Å². The Balaban J connectivity index is 1.79. The smallest absolute Gasteiger partial charge is 0.355 e. The predicted octanol–water partition coefficient (Wildman–Crippen LogP) is 1.50. The highest BCUT2D eigenvalue weighted by atomic mass is 32.1. The van der Waals surface area contributed by atoms with Crippen molar-refractivity contribution in [3.8, 4) is 11.5 Å². The van der Waals surface area contributed by atoms with Crippen LogP contribution in [0.1, 0.15) is 15.5 Å². The maximum Gasteiger partial charge on any atom is 0.355 e. The van der Waals surface area contributed by atoms with E-state index < -0.39 is 16.8 Å². The molecule has 10 nitrogen and oxygen atoms in total. The lowest BCUT2D eigenvalue weighted by atomic mass is 10.3. The first kappa shape index (κ1) is 19.1. The molecule has 0 aliphatic rings. The van der Waals surface area contributed by atoms with Crippen LogP contribution >= 0.6 is 11.3 Å². The fourth-order valence-corrected chi connectivity index (χ4v) is 2.70. The second-order valence-electron chi connectivity index (χ2n) is 4.91. The molecule has 0 saturated heterocycles. The van der Waals surface area contributed by atoms with E-state index in [9.17, 15) is 19.7 Å². The van der Waals surface area contributed by atoms with E-state index in [4.69, 9.17) is 14.6 Å². The number of ether oxygens (including phenoxy) is 2. The fraction of sp³-hybridized carbons (Fsp3) is 0.267. The largest absolute Gasteiger partial charge is 0.490 e. The number of carbonyl (C=O) groups excluding carboxylic acids is 1. The summed E-state index contributed by atoms with van der Waals surface area (Å²) in [6, 6.07) is 3.93. The highest BCUT2D eigenvalue weighted by Crippen LogP contribution is 2.30. The third-order valence-electron chi connectivity index (χ3n) is 3.15. The van der Waals surface area contributed by atoms with Crippen molar-refractivity contribution in [2.45, 2.75) is 6.42 Å². The first-order valence-electron chi connectivity index (χ1n) is 7.30. The van der Waals surface area contributed by atoms with Crippen LogP contribution in [-0.2, 0) is 11.2 Å². The standard InChI is InChI=1S/C15H15N3O7S/c1-24-12-6-9(2-3-11(12)18(22)23)25-7-13(19)16-5-4-14-17-10(8-26-14)15(20)21/h2-3,6,8H,4-5,7H2,1H3,(H,16,19)(H,20,21). The van der Waals surface area contributed by atoms with Gasteiger partial charge < -0.3 is 19.9 Å². The minimum atomic E-state index is -1.09. The van der Waals surface area contributed by atoms with Gasteiger partial charge in [0.2, 0.25) is 5.75 Å². The van der Waals surface area contributed by atoms with Crippen molar-refractivity contribution in [2.24, 2.45) is 0 Å². The number of carbonyl (C=O) groups is 2. The Kier molecular flexibility index (Phi) is 6.44. The molecule has 26 heavy (non-hydrogen) atoms. The van der Waals surface area contributed by atoms with E-state index in [2.05, 4.69) is 10.3 Å². The molecule has 0 saturated carbocycles. The highest BCUT2D eigenvalue weighted by molar-refractivity contribution is 7.09. The molecule has 138 valence electrons. The number of nitrogens with zero attached hydrogens (tertiary/aromatic N) is 2. The summed E-state index contributed by atoms with van der Waals surface area (Å²) in [4.78, 5) is 36.6. The topological polar surface area (TPSA) is 141 Å². The summed E-state index contributed by atoms with van der Waals surface area (Å²) in [6.45, 7) is -0.00242. The number of nitro groups is 1. The number of aromatic nitrogens is 1. The van der Waals surface area contributed by atoms with E-state index in [-0.39, 0.29) is 36.0 Å². The van der Waals surface area contributed by atoms with E-state index in [1.165, 1.54) is 42.0 Å². The summed E-state index contributed by atoms with van der Waals surface area (Å²) < 4.78 is 10.2. The van der Waals surface area contributed by atoms with E-state index in [1.807, 2.05) is 0 Å². The van der Waals surface area contributed by atoms with Gasteiger partial charge >= 0.3 is 11.7 Å². The molecule has 1 heterocycles. The Bertz CT molecular complexity index is 821. The quantitative estimate of drug-likeness (QED) is 0.492. The zero-order valence-corrected chi connectivity index (χ0v) is 14.4. The Morgan fingerprint density at radius 3 is 2.81 bits per heavy atom. The van der Waals surface area contributed by atoms with E-state index in [0.717, 1.165) is 0 Å². The minimum absolute atomic E-state index is 0.0215. The van der Waals surface area contributed by atoms with Gasteiger partial charge in [-0.3, -0.25) is 14.9 Å². The molecule has 2 aromatic rings. The summed E-state index contributed by atoms with van der Waals surface area (Å²) in [5, 5.41) is 24.3. The molecule has 2 N–H and O–H groups in total. The maximum absolute atomic E-state index is 11.8. The number of rotatable bonds is 9. The first-order valence-corrected chi connectivity index (χ1v) is 8.18. The van der Waals surface area contributed by atoms with Gasteiger partial charge in [-0.1, -0.05) is 0 Å². The van der Waals surface area contributed by atoms with Crippen molar-refractivity contribution in [1.29, 1.82) is 0 Å². The summed E-state index contributed by atoms with van der Waals surface area (Å²) in [5.74, 6) is -1.19. The monoisotopic (exact) mass is 381 g/mol. The molecule has 1 aromatic heterocycles. The zero-order valence-electron chi connectivity index (χ0n) is 13.6. The van der Waals surface area contributed by atoms with Crippen LogP contribution in [0.4, 0.5) is 5.69 Å². The van der Waals surface area contributed by atoms with Gasteiger partial charge in [0.05, 0.1) is 17.0 Å². The lowest BCUT2D eigenvalue weighted by Crippen LogP contribution is -2.30. The van der Waals surface area contributed by atoms with Crippen LogP contribution in [0.2, 0.25) is 0 Å². The Morgan fingerprint density at radius 1 is 1.42 bits per heavy atom. The zero-order chi connectivity index (χ0) is 19.1. The summed E-state index contributed by atoms with van der Waals surface area (Å²) in [5.41, 5.74) is -0.222. The number of methoxy groups -OCH3 is 1.